The van der Waals surface area contributed by atoms with Gasteiger partial charge in [0.15, 0.2) is 5.54 Å². The van der Waals surface area contributed by atoms with Crippen molar-refractivity contribution in [2.75, 3.05) is 13.2 Å². The van der Waals surface area contributed by atoms with Gasteiger partial charge in [-0.3, -0.25) is 4.79 Å². The number of carbonyl (C=O) groups is 2. The third-order valence-corrected chi connectivity index (χ3v) is 3.95. The fourth-order valence-corrected chi connectivity index (χ4v) is 3.08. The summed E-state index contributed by atoms with van der Waals surface area (Å²) in [5.74, 6) is -1.07. The number of rotatable bonds is 3. The molecule has 5 nitrogen and oxygen atoms in total. The summed E-state index contributed by atoms with van der Waals surface area (Å²) in [6.07, 6.45) is 0. The molecule has 0 aromatic heterocycles. The normalized spacial score (nSPS) is 24.4. The van der Waals surface area contributed by atoms with Gasteiger partial charge in [0.2, 0.25) is 5.91 Å². The molecule has 1 heterocycles. The molecule has 20 heavy (non-hydrogen) atoms. The van der Waals surface area contributed by atoms with Crippen molar-refractivity contribution in [3.05, 3.63) is 29.8 Å². The number of aliphatic carboxylic acids is 1. The van der Waals surface area contributed by atoms with E-state index < -0.39 is 11.5 Å². The molecule has 2 unspecified atom stereocenters. The zero-order chi connectivity index (χ0) is 14.9. The summed E-state index contributed by atoms with van der Waals surface area (Å²) in [6.45, 7) is 5.60. The van der Waals surface area contributed by atoms with Crippen molar-refractivity contribution in [2.45, 2.75) is 26.3 Å². The monoisotopic (exact) mass is 277 g/mol. The van der Waals surface area contributed by atoms with E-state index in [2.05, 4.69) is 0 Å². The van der Waals surface area contributed by atoms with Gasteiger partial charge in [0.1, 0.15) is 5.75 Å². The molecule has 1 aliphatic rings. The van der Waals surface area contributed by atoms with Crippen LogP contribution in [0.2, 0.25) is 0 Å². The van der Waals surface area contributed by atoms with Crippen LogP contribution in [0.1, 0.15) is 26.3 Å². The Morgan fingerprint density at radius 1 is 1.45 bits per heavy atom. The lowest BCUT2D eigenvalue weighted by molar-refractivity contribution is -0.166. The first-order chi connectivity index (χ1) is 9.46. The van der Waals surface area contributed by atoms with E-state index in [9.17, 15) is 14.7 Å². The van der Waals surface area contributed by atoms with E-state index >= 15 is 0 Å². The fraction of sp³-hybridized carbons (Fsp3) is 0.467. The summed E-state index contributed by atoms with van der Waals surface area (Å²) in [5.41, 5.74) is -0.821. The molecule has 0 saturated heterocycles. The molecule has 1 aromatic rings. The Morgan fingerprint density at radius 3 is 2.65 bits per heavy atom. The maximum Gasteiger partial charge on any atom is 0.334 e. The molecular formula is C15H19NO4. The molecule has 1 aromatic carbocycles. The Morgan fingerprint density at radius 2 is 2.10 bits per heavy atom. The number of nitrogens with zero attached hydrogens (tertiary/aromatic N) is 1. The minimum absolute atomic E-state index is 0.251. The summed E-state index contributed by atoms with van der Waals surface area (Å²) < 4.78 is 5.61. The molecule has 108 valence electrons. The number of amides is 1. The number of ether oxygens (including phenoxy) is 1. The molecule has 0 fully saturated rings. The highest BCUT2D eigenvalue weighted by atomic mass is 16.5. The van der Waals surface area contributed by atoms with Crippen molar-refractivity contribution in [3.8, 4) is 5.75 Å². The lowest BCUT2D eigenvalue weighted by Crippen LogP contribution is -2.60. The van der Waals surface area contributed by atoms with Crippen LogP contribution in [-0.2, 0) is 15.1 Å². The Balaban J connectivity index is 2.73. The SMILES string of the molecule is CCN(C(C)=O)C1(C(=O)O)c2ccccc2OCC1C. The first kappa shape index (κ1) is 14.4. The van der Waals surface area contributed by atoms with Crippen LogP contribution in [0.4, 0.5) is 0 Å². The van der Waals surface area contributed by atoms with E-state index in [1.54, 1.807) is 38.1 Å². The molecule has 1 N–H and O–H groups in total. The number of hydrogen-bond acceptors (Lipinski definition) is 3. The number of carbonyl (C=O) groups excluding carboxylic acids is 1. The molecule has 0 spiro atoms. The van der Waals surface area contributed by atoms with Gasteiger partial charge in [0.25, 0.3) is 0 Å². The molecule has 2 atom stereocenters. The van der Waals surface area contributed by atoms with Crippen LogP contribution >= 0.6 is 0 Å². The summed E-state index contributed by atoms with van der Waals surface area (Å²) in [4.78, 5) is 25.5. The van der Waals surface area contributed by atoms with E-state index in [1.165, 1.54) is 11.8 Å². The van der Waals surface area contributed by atoms with Crippen LogP contribution in [0.5, 0.6) is 5.75 Å². The van der Waals surface area contributed by atoms with E-state index in [1.807, 2.05) is 0 Å². The third kappa shape index (κ3) is 1.85. The number of para-hydroxylation sites is 1. The van der Waals surface area contributed by atoms with Crippen LogP contribution in [0.15, 0.2) is 24.3 Å². The molecule has 5 heteroatoms. The topological polar surface area (TPSA) is 66.8 Å². The number of carboxylic acid groups (broad SMARTS) is 1. The van der Waals surface area contributed by atoms with Gasteiger partial charge in [0.05, 0.1) is 6.61 Å². The molecule has 1 aliphatic heterocycles. The van der Waals surface area contributed by atoms with Crippen LogP contribution in [0.3, 0.4) is 0 Å². The van der Waals surface area contributed by atoms with Gasteiger partial charge in [-0.2, -0.15) is 0 Å². The number of likely N-dealkylation sites (N-methyl/N-ethyl adjacent to an activating group) is 1. The first-order valence-corrected chi connectivity index (χ1v) is 6.70. The van der Waals surface area contributed by atoms with Crippen LogP contribution in [0, 0.1) is 5.92 Å². The molecule has 1 amide bonds. The summed E-state index contributed by atoms with van der Waals surface area (Å²) in [5, 5.41) is 9.91. The second-order valence-electron chi connectivity index (χ2n) is 5.04. The third-order valence-electron chi connectivity index (χ3n) is 3.95. The van der Waals surface area contributed by atoms with Crippen LogP contribution < -0.4 is 4.74 Å². The number of hydrogen-bond donors (Lipinski definition) is 1. The number of benzene rings is 1. The van der Waals surface area contributed by atoms with Gasteiger partial charge in [-0.15, -0.1) is 0 Å². The average molecular weight is 277 g/mol. The van der Waals surface area contributed by atoms with Crippen molar-refractivity contribution in [1.29, 1.82) is 0 Å². The van der Waals surface area contributed by atoms with E-state index in [4.69, 9.17) is 4.74 Å². The molecule has 0 aliphatic carbocycles. The Bertz CT molecular complexity index is 542. The Kier molecular flexibility index (Phi) is 3.70. The fourth-order valence-electron chi connectivity index (χ4n) is 3.08. The van der Waals surface area contributed by atoms with Crippen LogP contribution in [0.25, 0.3) is 0 Å². The zero-order valence-electron chi connectivity index (χ0n) is 11.9. The minimum Gasteiger partial charge on any atom is -0.493 e. The van der Waals surface area contributed by atoms with Gasteiger partial charge < -0.3 is 14.7 Å². The summed E-state index contributed by atoms with van der Waals surface area (Å²) in [7, 11) is 0. The molecule has 2 rings (SSSR count). The van der Waals surface area contributed by atoms with Gasteiger partial charge in [-0.05, 0) is 13.0 Å². The predicted octanol–water partition coefficient (Wildman–Crippen LogP) is 1.86. The largest absolute Gasteiger partial charge is 0.493 e. The van der Waals surface area contributed by atoms with Gasteiger partial charge in [0, 0.05) is 24.9 Å². The molecule has 0 radical (unpaired) electrons. The predicted molar refractivity (Wildman–Crippen MR) is 73.5 cm³/mol. The minimum atomic E-state index is -1.37. The van der Waals surface area contributed by atoms with E-state index in [0.717, 1.165) is 0 Å². The van der Waals surface area contributed by atoms with Gasteiger partial charge >= 0.3 is 5.97 Å². The number of carboxylic acids is 1. The van der Waals surface area contributed by atoms with Gasteiger partial charge in [-0.1, -0.05) is 25.1 Å². The van der Waals surface area contributed by atoms with Crippen LogP contribution in [-0.4, -0.2) is 35.0 Å². The molecule has 0 bridgehead atoms. The maximum absolute atomic E-state index is 12.1. The van der Waals surface area contributed by atoms with E-state index in [0.29, 0.717) is 17.9 Å². The highest BCUT2D eigenvalue weighted by molar-refractivity contribution is 5.89. The molecule has 0 saturated carbocycles. The highest BCUT2D eigenvalue weighted by Crippen LogP contribution is 2.44. The quantitative estimate of drug-likeness (QED) is 0.915. The summed E-state index contributed by atoms with van der Waals surface area (Å²) >= 11 is 0. The molecular weight excluding hydrogens is 258 g/mol. The zero-order valence-corrected chi connectivity index (χ0v) is 11.9. The van der Waals surface area contributed by atoms with Crippen molar-refractivity contribution in [2.24, 2.45) is 5.92 Å². The number of fused-ring (bicyclic) bond motifs is 1. The smallest absolute Gasteiger partial charge is 0.334 e. The van der Waals surface area contributed by atoms with E-state index in [-0.39, 0.29) is 18.4 Å². The second-order valence-corrected chi connectivity index (χ2v) is 5.04. The Labute approximate surface area is 118 Å². The lowest BCUT2D eigenvalue weighted by atomic mass is 9.75. The highest BCUT2D eigenvalue weighted by Gasteiger charge is 2.54. The van der Waals surface area contributed by atoms with Crippen molar-refractivity contribution in [1.82, 2.24) is 4.90 Å². The average Bonchev–Trinajstić information content (AvgIpc) is 2.41. The first-order valence-electron chi connectivity index (χ1n) is 6.70. The van der Waals surface area contributed by atoms with Crippen molar-refractivity contribution >= 4 is 11.9 Å². The van der Waals surface area contributed by atoms with Gasteiger partial charge in [-0.25, -0.2) is 4.79 Å². The second kappa shape index (κ2) is 5.15. The summed E-state index contributed by atoms with van der Waals surface area (Å²) in [6, 6.07) is 7.04. The maximum atomic E-state index is 12.1. The standard InChI is InChI=1S/C15H19NO4/c1-4-16(11(3)17)15(14(18)19)10(2)9-20-13-8-6-5-7-12(13)15/h5-8,10H,4,9H2,1-3H3,(H,18,19). The van der Waals surface area contributed by atoms with Crippen molar-refractivity contribution in [3.63, 3.8) is 0 Å². The Hall–Kier alpha value is -2.04. The van der Waals surface area contributed by atoms with Crippen molar-refractivity contribution < 1.29 is 19.4 Å². The lowest BCUT2D eigenvalue weighted by Gasteiger charge is -2.47.